The van der Waals surface area contributed by atoms with Crippen LogP contribution in [-0.4, -0.2) is 11.1 Å². The van der Waals surface area contributed by atoms with E-state index in [1.165, 1.54) is 6.42 Å². The fraction of sp³-hybridized carbons (Fsp3) is 0.923. The van der Waals surface area contributed by atoms with Gasteiger partial charge >= 0.3 is 5.97 Å². The first-order valence-corrected chi connectivity index (χ1v) is 6.50. The van der Waals surface area contributed by atoms with E-state index in [-0.39, 0.29) is 5.41 Å². The van der Waals surface area contributed by atoms with Crippen LogP contribution in [0.25, 0.3) is 0 Å². The summed E-state index contributed by atoms with van der Waals surface area (Å²) in [6.45, 7) is 0. The Kier molecular flexibility index (Phi) is 0.689. The van der Waals surface area contributed by atoms with Crippen LogP contribution in [0.1, 0.15) is 12.8 Å². The van der Waals surface area contributed by atoms with Crippen molar-refractivity contribution in [2.75, 3.05) is 0 Å². The Morgan fingerprint density at radius 3 is 2.60 bits per heavy atom. The molecule has 78 valence electrons. The zero-order valence-corrected chi connectivity index (χ0v) is 8.47. The topological polar surface area (TPSA) is 37.3 Å². The second-order valence-corrected chi connectivity index (χ2v) is 7.14. The second-order valence-electron chi connectivity index (χ2n) is 7.14. The average Bonchev–Trinajstić information content (AvgIpc) is 2.70. The van der Waals surface area contributed by atoms with Crippen LogP contribution in [-0.2, 0) is 4.79 Å². The van der Waals surface area contributed by atoms with Gasteiger partial charge in [0.1, 0.15) is 0 Å². The molecular formula is C13H14O2. The summed E-state index contributed by atoms with van der Waals surface area (Å²) in [6, 6.07) is 0. The fourth-order valence-corrected chi connectivity index (χ4v) is 8.28. The SMILES string of the molecule is O=C(O)C12CC3C4C5CC(C6C5C3C61)C42. The number of carboxylic acids is 1. The van der Waals surface area contributed by atoms with Gasteiger partial charge in [-0.25, -0.2) is 0 Å². The smallest absolute Gasteiger partial charge is 0.310 e. The van der Waals surface area contributed by atoms with Gasteiger partial charge in [-0.3, -0.25) is 4.79 Å². The van der Waals surface area contributed by atoms with Gasteiger partial charge in [0.05, 0.1) is 5.41 Å². The molecule has 10 atom stereocenters. The molecule has 2 nitrogen and oxygen atoms in total. The maximum atomic E-state index is 11.7. The number of hydrogen-bond acceptors (Lipinski definition) is 1. The van der Waals surface area contributed by atoms with E-state index < -0.39 is 5.97 Å². The predicted octanol–water partition coefficient (Wildman–Crippen LogP) is 1.47. The van der Waals surface area contributed by atoms with Crippen LogP contribution in [0.4, 0.5) is 0 Å². The molecule has 7 fully saturated rings. The first kappa shape index (κ1) is 6.93. The van der Waals surface area contributed by atoms with Crippen LogP contribution in [0.15, 0.2) is 0 Å². The van der Waals surface area contributed by atoms with Crippen molar-refractivity contribution in [3.05, 3.63) is 0 Å². The number of carbonyl (C=O) groups is 1. The summed E-state index contributed by atoms with van der Waals surface area (Å²) in [7, 11) is 0. The lowest BCUT2D eigenvalue weighted by molar-refractivity contribution is -0.156. The Morgan fingerprint density at radius 1 is 1.00 bits per heavy atom. The normalized spacial score (nSPS) is 82.3. The summed E-state index contributed by atoms with van der Waals surface area (Å²) in [5.74, 6) is 7.20. The lowest BCUT2D eigenvalue weighted by Gasteiger charge is -2.46. The Bertz CT molecular complexity index is 434. The van der Waals surface area contributed by atoms with Gasteiger partial charge in [-0.1, -0.05) is 0 Å². The lowest BCUT2D eigenvalue weighted by atomic mass is 9.57. The second kappa shape index (κ2) is 1.49. The van der Waals surface area contributed by atoms with E-state index in [2.05, 4.69) is 0 Å². The van der Waals surface area contributed by atoms with Gasteiger partial charge in [-0.05, 0) is 66.1 Å². The van der Waals surface area contributed by atoms with Crippen molar-refractivity contribution in [1.29, 1.82) is 0 Å². The molecule has 7 aliphatic carbocycles. The Balaban J connectivity index is 1.75. The van der Waals surface area contributed by atoms with Crippen LogP contribution in [0.2, 0.25) is 0 Å². The highest BCUT2D eigenvalue weighted by atomic mass is 16.4. The van der Waals surface area contributed by atoms with Crippen LogP contribution in [0.5, 0.6) is 0 Å². The van der Waals surface area contributed by atoms with Gasteiger partial charge in [-0.2, -0.15) is 0 Å². The largest absolute Gasteiger partial charge is 0.481 e. The highest BCUT2D eigenvalue weighted by Gasteiger charge is 2.92. The summed E-state index contributed by atoms with van der Waals surface area (Å²) in [5.41, 5.74) is -0.197. The van der Waals surface area contributed by atoms with Crippen LogP contribution < -0.4 is 0 Å². The number of aliphatic carboxylic acids is 1. The number of carboxylic acid groups (broad SMARTS) is 1. The molecule has 7 aliphatic rings. The highest BCUT2D eigenvalue weighted by Crippen LogP contribution is 2.94. The molecule has 0 heterocycles. The molecule has 15 heavy (non-hydrogen) atoms. The van der Waals surface area contributed by atoms with Gasteiger partial charge in [-0.15, -0.1) is 0 Å². The molecule has 0 aromatic carbocycles. The zero-order valence-electron chi connectivity index (χ0n) is 8.47. The van der Waals surface area contributed by atoms with Gasteiger partial charge in [0, 0.05) is 0 Å². The molecule has 0 spiro atoms. The van der Waals surface area contributed by atoms with Crippen LogP contribution in [0.3, 0.4) is 0 Å². The van der Waals surface area contributed by atoms with Crippen molar-refractivity contribution in [2.45, 2.75) is 12.8 Å². The van der Waals surface area contributed by atoms with E-state index in [1.54, 1.807) is 0 Å². The molecule has 4 bridgehead atoms. The Morgan fingerprint density at radius 2 is 1.80 bits per heavy atom. The summed E-state index contributed by atoms with van der Waals surface area (Å²) < 4.78 is 0. The number of rotatable bonds is 1. The molecule has 0 aromatic heterocycles. The molecule has 10 unspecified atom stereocenters. The van der Waals surface area contributed by atoms with E-state index in [0.29, 0.717) is 11.8 Å². The average molecular weight is 202 g/mol. The van der Waals surface area contributed by atoms with Crippen LogP contribution >= 0.6 is 0 Å². The first-order valence-electron chi connectivity index (χ1n) is 6.50. The van der Waals surface area contributed by atoms with E-state index in [1.807, 2.05) is 0 Å². The van der Waals surface area contributed by atoms with Crippen molar-refractivity contribution in [1.82, 2.24) is 0 Å². The molecule has 7 saturated carbocycles. The highest BCUT2D eigenvalue weighted by molar-refractivity contribution is 5.79. The molecule has 0 aromatic rings. The van der Waals surface area contributed by atoms with Crippen LogP contribution in [0, 0.1) is 58.7 Å². The van der Waals surface area contributed by atoms with E-state index in [4.69, 9.17) is 0 Å². The minimum Gasteiger partial charge on any atom is -0.481 e. The quantitative estimate of drug-likeness (QED) is 0.699. The predicted molar refractivity (Wildman–Crippen MR) is 50.7 cm³/mol. The van der Waals surface area contributed by atoms with Crippen molar-refractivity contribution in [3.8, 4) is 0 Å². The lowest BCUT2D eigenvalue weighted by Crippen LogP contribution is -2.47. The van der Waals surface area contributed by atoms with Gasteiger partial charge in [0.2, 0.25) is 0 Å². The zero-order chi connectivity index (χ0) is 9.69. The minimum atomic E-state index is -0.416. The maximum Gasteiger partial charge on any atom is 0.310 e. The summed E-state index contributed by atoms with van der Waals surface area (Å²) in [4.78, 5) is 11.7. The molecule has 2 heteroatoms. The van der Waals surface area contributed by atoms with Crippen molar-refractivity contribution < 1.29 is 9.90 Å². The minimum absolute atomic E-state index is 0.197. The molecule has 0 radical (unpaired) electrons. The molecule has 1 N–H and O–H groups in total. The maximum absolute atomic E-state index is 11.7. The van der Waals surface area contributed by atoms with E-state index >= 15 is 0 Å². The third kappa shape index (κ3) is 0.357. The fourth-order valence-electron chi connectivity index (χ4n) is 8.28. The standard InChI is InChI=1S/C13H14O2/c14-12(15)13-2-5-6-3-1-4(10(6)13)8-7(3)9(5)11(8)13/h3-11H,1-2H2,(H,14,15). The molecule has 0 amide bonds. The van der Waals surface area contributed by atoms with Crippen molar-refractivity contribution >= 4 is 5.97 Å². The number of hydrogen-bond donors (Lipinski definition) is 1. The van der Waals surface area contributed by atoms with Gasteiger partial charge in [0.15, 0.2) is 0 Å². The van der Waals surface area contributed by atoms with Crippen molar-refractivity contribution in [3.63, 3.8) is 0 Å². The summed E-state index contributed by atoms with van der Waals surface area (Å²) in [6.07, 6.45) is 2.50. The van der Waals surface area contributed by atoms with Gasteiger partial charge in [0.25, 0.3) is 0 Å². The van der Waals surface area contributed by atoms with Gasteiger partial charge < -0.3 is 5.11 Å². The van der Waals surface area contributed by atoms with E-state index in [0.717, 1.165) is 47.8 Å². The third-order valence-electron chi connectivity index (χ3n) is 7.77. The summed E-state index contributed by atoms with van der Waals surface area (Å²) >= 11 is 0. The molecule has 0 aliphatic heterocycles. The Hall–Kier alpha value is -0.530. The monoisotopic (exact) mass is 202 g/mol. The molecule has 0 saturated heterocycles. The molecular weight excluding hydrogens is 188 g/mol. The molecule has 7 rings (SSSR count). The first-order chi connectivity index (χ1) is 7.27. The third-order valence-corrected chi connectivity index (χ3v) is 7.77. The summed E-state index contributed by atoms with van der Waals surface area (Å²) in [5, 5.41) is 9.68. The van der Waals surface area contributed by atoms with E-state index in [9.17, 15) is 9.90 Å². The Labute approximate surface area is 88.0 Å². The van der Waals surface area contributed by atoms with Crippen molar-refractivity contribution in [2.24, 2.45) is 58.7 Å².